The van der Waals surface area contributed by atoms with E-state index in [0.29, 0.717) is 28.1 Å². The van der Waals surface area contributed by atoms with Crippen LogP contribution in [-0.4, -0.2) is 9.97 Å². The summed E-state index contributed by atoms with van der Waals surface area (Å²) in [6.45, 7) is 7.19. The van der Waals surface area contributed by atoms with Crippen LogP contribution in [0.3, 0.4) is 0 Å². The summed E-state index contributed by atoms with van der Waals surface area (Å²) in [4.78, 5) is 8.87. The molecule has 0 N–H and O–H groups in total. The van der Waals surface area contributed by atoms with Crippen molar-refractivity contribution in [3.8, 4) is 22.5 Å². The molecular formula is C46H42IrN2O-2. The van der Waals surface area contributed by atoms with Crippen LogP contribution in [0.15, 0.2) is 120 Å². The summed E-state index contributed by atoms with van der Waals surface area (Å²) in [7, 11) is 0. The van der Waals surface area contributed by atoms with Crippen LogP contribution >= 0.6 is 0 Å². The van der Waals surface area contributed by atoms with Crippen LogP contribution in [0.1, 0.15) is 60.9 Å². The van der Waals surface area contributed by atoms with Crippen molar-refractivity contribution in [2.75, 3.05) is 0 Å². The molecule has 0 saturated heterocycles. The second-order valence-electron chi connectivity index (χ2n) is 13.6. The molecule has 253 valence electrons. The molecule has 0 amide bonds. The van der Waals surface area contributed by atoms with Crippen LogP contribution in [0, 0.1) is 30.3 Å². The summed E-state index contributed by atoms with van der Waals surface area (Å²) >= 11 is 0. The molecule has 3 heterocycles. The van der Waals surface area contributed by atoms with Crippen molar-refractivity contribution in [2.24, 2.45) is 11.3 Å². The third kappa shape index (κ3) is 7.58. The number of pyridine rings is 2. The van der Waals surface area contributed by atoms with Gasteiger partial charge in [0.25, 0.3) is 0 Å². The molecule has 0 spiro atoms. The van der Waals surface area contributed by atoms with E-state index in [1.54, 1.807) is 36.5 Å². The Morgan fingerprint density at radius 2 is 1.58 bits per heavy atom. The minimum Gasteiger partial charge on any atom is -0.500 e. The fourth-order valence-electron chi connectivity index (χ4n) is 6.11. The van der Waals surface area contributed by atoms with Crippen LogP contribution in [0.25, 0.3) is 66.0 Å². The van der Waals surface area contributed by atoms with Crippen LogP contribution in [0.2, 0.25) is 0 Å². The van der Waals surface area contributed by atoms with Crippen molar-refractivity contribution < 1.29 is 34.1 Å². The zero-order valence-electron chi connectivity index (χ0n) is 35.7. The predicted molar refractivity (Wildman–Crippen MR) is 206 cm³/mol. The van der Waals surface area contributed by atoms with Gasteiger partial charge in [-0.1, -0.05) is 125 Å². The fraction of sp³-hybridized carbons (Fsp3) is 0.217. The van der Waals surface area contributed by atoms with Crippen molar-refractivity contribution >= 4 is 43.5 Å². The number of hydrogen-bond donors (Lipinski definition) is 0. The molecule has 5 aromatic carbocycles. The maximum Gasteiger partial charge on any atom is 0.129 e. The first kappa shape index (κ1) is 27.1. The zero-order chi connectivity index (χ0) is 40.2. The van der Waals surface area contributed by atoms with Gasteiger partial charge in [0.2, 0.25) is 0 Å². The van der Waals surface area contributed by atoms with Gasteiger partial charge in [0.1, 0.15) is 5.58 Å². The minimum absolute atomic E-state index is 0. The second-order valence-corrected chi connectivity index (χ2v) is 13.6. The van der Waals surface area contributed by atoms with Crippen LogP contribution < -0.4 is 0 Å². The maximum atomic E-state index is 8.50. The number of fused-ring (bicyclic) bond motifs is 7. The molecule has 3 aromatic heterocycles. The summed E-state index contributed by atoms with van der Waals surface area (Å²) in [5.74, 6) is -0.154. The van der Waals surface area contributed by atoms with Gasteiger partial charge in [0.15, 0.2) is 0 Å². The summed E-state index contributed by atoms with van der Waals surface area (Å²) in [6.07, 6.45) is 0.261. The van der Waals surface area contributed by atoms with E-state index in [2.05, 4.69) is 70.6 Å². The van der Waals surface area contributed by atoms with Crippen molar-refractivity contribution in [1.29, 1.82) is 0 Å². The van der Waals surface area contributed by atoms with E-state index in [1.807, 2.05) is 52.8 Å². The van der Waals surface area contributed by atoms with Crippen LogP contribution in [-0.2, 0) is 32.9 Å². The van der Waals surface area contributed by atoms with E-state index in [-0.39, 0.29) is 31.6 Å². The molecule has 0 aliphatic heterocycles. The van der Waals surface area contributed by atoms with E-state index in [9.17, 15) is 0 Å². The molecule has 0 aliphatic carbocycles. The molecule has 0 bridgehead atoms. The molecular weight excluding hydrogens is 789 g/mol. The van der Waals surface area contributed by atoms with Gasteiger partial charge in [-0.25, -0.2) is 0 Å². The standard InChI is InChI=1S/C29H22NO.C17H20N.Ir/c1-18(2)16-19-14-15-30-26(17-19)25-9-5-8-23-24-13-12-21-11-10-20-6-3-4-7-22(20)27(21)29(24)31-28(23)25;1-13-5-8-15(9-6-13)16-10-7-14(12-18-16)11-17(2,3)4;/h3-8,10-15,17-18H,16H2,1-2H3;5-8,10,12H,11H2,1-4H3;/q2*-1;/i16D2;1D3,11D2;. The summed E-state index contributed by atoms with van der Waals surface area (Å²) < 4.78 is 62.1. The number of aryl methyl sites for hydroxylation is 1. The Bertz CT molecular complexity index is 2700. The molecule has 4 heteroatoms. The van der Waals surface area contributed by atoms with E-state index in [0.717, 1.165) is 43.7 Å². The molecule has 3 nitrogen and oxygen atoms in total. The van der Waals surface area contributed by atoms with Crippen molar-refractivity contribution in [3.05, 3.63) is 144 Å². The Kier molecular flexibility index (Phi) is 7.97. The largest absolute Gasteiger partial charge is 0.500 e. The van der Waals surface area contributed by atoms with Crippen molar-refractivity contribution in [1.82, 2.24) is 9.97 Å². The number of rotatable bonds is 5. The average Bonchev–Trinajstić information content (AvgIpc) is 3.56. The number of hydrogen-bond acceptors (Lipinski definition) is 3. The molecule has 0 atom stereocenters. The molecule has 50 heavy (non-hydrogen) atoms. The molecule has 8 aromatic rings. The van der Waals surface area contributed by atoms with Gasteiger partial charge in [-0.05, 0) is 63.3 Å². The maximum absolute atomic E-state index is 8.50. The van der Waals surface area contributed by atoms with Crippen LogP contribution in [0.5, 0.6) is 0 Å². The van der Waals surface area contributed by atoms with E-state index in [1.165, 1.54) is 17.6 Å². The smallest absolute Gasteiger partial charge is 0.129 e. The minimum atomic E-state index is -2.14. The SMILES string of the molecule is [2H]C([2H])([2H])c1c[c-]c(-c2ccc(C([2H])([2H])C(C)(C)C)cn2)cc1.[2H]C([2H])(c1ccnc(-c2[c-]ccc3c2oc2c3ccc3ccc4ccccc4c32)c1)C(C)C.[Ir]. The Morgan fingerprint density at radius 1 is 0.780 bits per heavy atom. The molecule has 8 rings (SSSR count). The summed E-state index contributed by atoms with van der Waals surface area (Å²) in [6, 6.07) is 38.8. The fourth-order valence-corrected chi connectivity index (χ4v) is 6.11. The number of furan rings is 1. The zero-order valence-corrected chi connectivity index (χ0v) is 31.1. The molecule has 0 saturated carbocycles. The second kappa shape index (κ2) is 14.7. The van der Waals surface area contributed by atoms with Gasteiger partial charge in [-0.3, -0.25) is 0 Å². The Balaban J connectivity index is 0.000000203. The Hall–Kier alpha value is -4.63. The van der Waals surface area contributed by atoms with Gasteiger partial charge in [-0.2, -0.15) is 0 Å². The molecule has 0 unspecified atom stereocenters. The van der Waals surface area contributed by atoms with Crippen molar-refractivity contribution in [2.45, 2.75) is 54.2 Å². The first-order valence-corrected chi connectivity index (χ1v) is 16.5. The quantitative estimate of drug-likeness (QED) is 0.128. The average molecular weight is 838 g/mol. The Labute approximate surface area is 319 Å². The molecule has 0 fully saturated rings. The first-order valence-electron chi connectivity index (χ1n) is 20.0. The first-order chi connectivity index (χ1) is 26.4. The van der Waals surface area contributed by atoms with E-state index >= 15 is 0 Å². The van der Waals surface area contributed by atoms with Gasteiger partial charge in [-0.15, -0.1) is 53.6 Å². The number of benzene rings is 5. The molecule has 0 aliphatic rings. The molecule has 1 radical (unpaired) electrons. The van der Waals surface area contributed by atoms with Crippen LogP contribution in [0.4, 0.5) is 0 Å². The van der Waals surface area contributed by atoms with E-state index < -0.39 is 25.0 Å². The van der Waals surface area contributed by atoms with Gasteiger partial charge < -0.3 is 14.4 Å². The van der Waals surface area contributed by atoms with Crippen molar-refractivity contribution in [3.63, 3.8) is 0 Å². The number of aromatic nitrogens is 2. The summed E-state index contributed by atoms with van der Waals surface area (Å²) in [5, 5.41) is 6.64. The number of nitrogens with zero attached hydrogens (tertiary/aromatic N) is 2. The Morgan fingerprint density at radius 3 is 2.32 bits per heavy atom. The van der Waals surface area contributed by atoms with E-state index in [4.69, 9.17) is 14.0 Å². The third-order valence-electron chi connectivity index (χ3n) is 8.15. The monoisotopic (exact) mass is 838 g/mol. The van der Waals surface area contributed by atoms with Gasteiger partial charge in [0.05, 0.1) is 5.58 Å². The normalized spacial score (nSPS) is 14.5. The topological polar surface area (TPSA) is 38.9 Å². The van der Waals surface area contributed by atoms with Gasteiger partial charge in [0, 0.05) is 52.9 Å². The predicted octanol–water partition coefficient (Wildman–Crippen LogP) is 12.4. The van der Waals surface area contributed by atoms with Gasteiger partial charge >= 0.3 is 0 Å². The third-order valence-corrected chi connectivity index (χ3v) is 8.15. The summed E-state index contributed by atoms with van der Waals surface area (Å²) in [5.41, 5.74) is 5.14.